The first-order chi connectivity index (χ1) is 19.7. The Morgan fingerprint density at radius 3 is 2.14 bits per heavy atom. The van der Waals surface area contributed by atoms with Gasteiger partial charge in [0.2, 0.25) is 5.95 Å². The number of halogens is 6. The van der Waals surface area contributed by atoms with E-state index >= 15 is 0 Å². The highest BCUT2D eigenvalue weighted by Crippen LogP contribution is 2.37. The molecular formula is C28H32F6N6O2. The Kier molecular flexibility index (Phi) is 9.02. The maximum atomic E-state index is 13.6. The SMILES string of the molecule is CCC(C)OC(=O)N1C[C@@H](N(Cc2cc(C(F)(F)F)cc(C(F)(F)F)c2)c2ncc(-c3cnn(C)c3)cn2)C[C@H]1CC. The molecule has 1 aromatic carbocycles. The van der Waals surface area contributed by atoms with Crippen molar-refractivity contribution in [3.8, 4) is 11.1 Å². The molecule has 4 rings (SSSR count). The summed E-state index contributed by atoms with van der Waals surface area (Å²) >= 11 is 0. The van der Waals surface area contributed by atoms with Gasteiger partial charge >= 0.3 is 18.4 Å². The van der Waals surface area contributed by atoms with Crippen molar-refractivity contribution < 1.29 is 35.9 Å². The van der Waals surface area contributed by atoms with Crippen LogP contribution in [0.15, 0.2) is 43.0 Å². The summed E-state index contributed by atoms with van der Waals surface area (Å²) in [6.45, 7) is 5.31. The lowest BCUT2D eigenvalue weighted by molar-refractivity contribution is -0.143. The summed E-state index contributed by atoms with van der Waals surface area (Å²) in [5.41, 5.74) is -1.67. The van der Waals surface area contributed by atoms with E-state index in [9.17, 15) is 31.1 Å². The molecule has 1 saturated heterocycles. The number of benzene rings is 1. The second kappa shape index (κ2) is 12.2. The van der Waals surface area contributed by atoms with E-state index in [-0.39, 0.29) is 42.8 Å². The van der Waals surface area contributed by atoms with E-state index in [1.165, 1.54) is 12.4 Å². The van der Waals surface area contributed by atoms with Crippen molar-refractivity contribution in [2.24, 2.45) is 7.05 Å². The van der Waals surface area contributed by atoms with Crippen molar-refractivity contribution in [3.63, 3.8) is 0 Å². The average Bonchev–Trinajstić information content (AvgIpc) is 3.57. The number of aryl methyl sites for hydroxylation is 1. The number of aromatic nitrogens is 4. The van der Waals surface area contributed by atoms with Crippen molar-refractivity contribution in [3.05, 3.63) is 59.7 Å². The van der Waals surface area contributed by atoms with E-state index in [0.717, 1.165) is 5.56 Å². The van der Waals surface area contributed by atoms with Crippen LogP contribution in [0.5, 0.6) is 0 Å². The second-order valence-electron chi connectivity index (χ2n) is 10.4. The summed E-state index contributed by atoms with van der Waals surface area (Å²) in [5, 5.41) is 4.11. The van der Waals surface area contributed by atoms with Gasteiger partial charge < -0.3 is 14.5 Å². The lowest BCUT2D eigenvalue weighted by Crippen LogP contribution is -2.41. The van der Waals surface area contributed by atoms with Crippen molar-refractivity contribution in [2.45, 2.75) is 77.1 Å². The van der Waals surface area contributed by atoms with Crippen LogP contribution in [0.25, 0.3) is 11.1 Å². The van der Waals surface area contributed by atoms with Crippen LogP contribution in [-0.2, 0) is 30.7 Å². The van der Waals surface area contributed by atoms with Gasteiger partial charge in [0.25, 0.3) is 0 Å². The third-order valence-corrected chi connectivity index (χ3v) is 7.35. The number of anilines is 1. The topological polar surface area (TPSA) is 76.4 Å². The predicted octanol–water partition coefficient (Wildman–Crippen LogP) is 6.71. The molecule has 0 radical (unpaired) electrons. The van der Waals surface area contributed by atoms with Crippen LogP contribution in [0.3, 0.4) is 0 Å². The fourth-order valence-corrected chi connectivity index (χ4v) is 4.91. The lowest BCUT2D eigenvalue weighted by atomic mass is 10.0. The minimum Gasteiger partial charge on any atom is -0.446 e. The summed E-state index contributed by atoms with van der Waals surface area (Å²) in [4.78, 5) is 24.9. The zero-order chi connectivity index (χ0) is 30.8. The fraction of sp³-hybridized carbons (Fsp3) is 0.500. The molecule has 1 aliphatic heterocycles. The molecule has 0 aliphatic carbocycles. The number of likely N-dealkylation sites (tertiary alicyclic amines) is 1. The third kappa shape index (κ3) is 7.13. The summed E-state index contributed by atoms with van der Waals surface area (Å²) < 4.78 is 88.7. The van der Waals surface area contributed by atoms with E-state index in [1.807, 2.05) is 13.8 Å². The van der Waals surface area contributed by atoms with Gasteiger partial charge in [0.1, 0.15) is 6.10 Å². The Balaban J connectivity index is 1.73. The number of hydrogen-bond donors (Lipinski definition) is 0. The highest BCUT2D eigenvalue weighted by molar-refractivity contribution is 5.69. The highest BCUT2D eigenvalue weighted by atomic mass is 19.4. The van der Waals surface area contributed by atoms with Gasteiger partial charge in [-0.05, 0) is 49.9 Å². The average molecular weight is 599 g/mol. The Hall–Kier alpha value is -3.84. The minimum atomic E-state index is -4.99. The monoisotopic (exact) mass is 598 g/mol. The molecular weight excluding hydrogens is 566 g/mol. The number of alkyl halides is 6. The molecule has 0 saturated carbocycles. The Morgan fingerprint density at radius 1 is 1.02 bits per heavy atom. The van der Waals surface area contributed by atoms with Gasteiger partial charge in [0, 0.05) is 55.9 Å². The number of carbonyl (C=O) groups is 1. The van der Waals surface area contributed by atoms with Crippen molar-refractivity contribution in [1.82, 2.24) is 24.6 Å². The molecule has 0 spiro atoms. The fourth-order valence-electron chi connectivity index (χ4n) is 4.91. The zero-order valence-electron chi connectivity index (χ0n) is 23.6. The minimum absolute atomic E-state index is 0.0996. The van der Waals surface area contributed by atoms with Crippen LogP contribution in [0.1, 0.15) is 56.7 Å². The van der Waals surface area contributed by atoms with Crippen LogP contribution < -0.4 is 4.90 Å². The molecule has 1 fully saturated rings. The van der Waals surface area contributed by atoms with Gasteiger partial charge in [-0.1, -0.05) is 13.8 Å². The predicted molar refractivity (Wildman–Crippen MR) is 142 cm³/mol. The van der Waals surface area contributed by atoms with Gasteiger partial charge in [-0.25, -0.2) is 14.8 Å². The molecule has 0 bridgehead atoms. The smallest absolute Gasteiger partial charge is 0.416 e. The largest absolute Gasteiger partial charge is 0.446 e. The van der Waals surface area contributed by atoms with E-state index in [2.05, 4.69) is 15.1 Å². The first-order valence-electron chi connectivity index (χ1n) is 13.5. The summed E-state index contributed by atoms with van der Waals surface area (Å²) in [5.74, 6) is 0.102. The molecule has 3 heterocycles. The Morgan fingerprint density at radius 2 is 1.64 bits per heavy atom. The van der Waals surface area contributed by atoms with Crippen LogP contribution in [0, 0.1) is 0 Å². The Bertz CT molecular complexity index is 1340. The van der Waals surface area contributed by atoms with Gasteiger partial charge in [-0.15, -0.1) is 0 Å². The molecule has 42 heavy (non-hydrogen) atoms. The molecule has 1 amide bonds. The van der Waals surface area contributed by atoms with Crippen LogP contribution in [0.4, 0.5) is 37.1 Å². The van der Waals surface area contributed by atoms with E-state index in [0.29, 0.717) is 37.0 Å². The summed E-state index contributed by atoms with van der Waals surface area (Å²) in [6, 6.07) is 0.743. The van der Waals surface area contributed by atoms with E-state index in [1.54, 1.807) is 40.8 Å². The molecule has 1 aliphatic rings. The first-order valence-corrected chi connectivity index (χ1v) is 13.5. The molecule has 2 aromatic heterocycles. The second-order valence-corrected chi connectivity index (χ2v) is 10.4. The van der Waals surface area contributed by atoms with Crippen LogP contribution in [-0.4, -0.2) is 55.5 Å². The van der Waals surface area contributed by atoms with Crippen molar-refractivity contribution in [2.75, 3.05) is 11.4 Å². The van der Waals surface area contributed by atoms with Gasteiger partial charge in [-0.3, -0.25) is 4.68 Å². The van der Waals surface area contributed by atoms with Crippen LogP contribution in [0.2, 0.25) is 0 Å². The quantitative estimate of drug-likeness (QED) is 0.269. The highest BCUT2D eigenvalue weighted by Gasteiger charge is 2.41. The Labute approximate surface area is 239 Å². The van der Waals surface area contributed by atoms with Gasteiger partial charge in [0.05, 0.1) is 23.4 Å². The number of amides is 1. The summed E-state index contributed by atoms with van der Waals surface area (Å²) in [7, 11) is 1.74. The number of nitrogens with zero attached hydrogens (tertiary/aromatic N) is 6. The first kappa shape index (κ1) is 31.1. The molecule has 228 valence electrons. The molecule has 3 atom stereocenters. The number of carbonyl (C=O) groups excluding carboxylic acids is 1. The molecule has 8 nitrogen and oxygen atoms in total. The number of ether oxygens (including phenoxy) is 1. The molecule has 1 unspecified atom stereocenters. The number of hydrogen-bond acceptors (Lipinski definition) is 6. The molecule has 0 N–H and O–H groups in total. The summed E-state index contributed by atoms with van der Waals surface area (Å²) in [6.07, 6.45) is -2.85. The van der Waals surface area contributed by atoms with Crippen LogP contribution >= 0.6 is 0 Å². The maximum Gasteiger partial charge on any atom is 0.416 e. The number of rotatable bonds is 8. The molecule has 3 aromatic rings. The third-order valence-electron chi connectivity index (χ3n) is 7.35. The lowest BCUT2D eigenvalue weighted by Gasteiger charge is -2.30. The van der Waals surface area contributed by atoms with E-state index < -0.39 is 35.6 Å². The molecule has 14 heteroatoms. The van der Waals surface area contributed by atoms with Gasteiger partial charge in [0.15, 0.2) is 0 Å². The van der Waals surface area contributed by atoms with E-state index in [4.69, 9.17) is 4.74 Å². The normalized spacial score (nSPS) is 18.3. The maximum absolute atomic E-state index is 13.6. The van der Waals surface area contributed by atoms with Crippen molar-refractivity contribution in [1.29, 1.82) is 0 Å². The van der Waals surface area contributed by atoms with Gasteiger partial charge in [-0.2, -0.15) is 31.4 Å². The standard InChI is InChI=1S/C28H32F6N6O2/c1-5-17(3)42-26(41)40-16-24(10-23(40)6-2)39(25-35-11-19(12-36-25)20-13-37-38(4)15-20)14-18-7-21(27(29,30)31)9-22(8-18)28(32,33)34/h7-9,11-13,15,17,23-24H,5-6,10,14,16H2,1-4H3/t17?,23-,24+/m1/s1. The van der Waals surface area contributed by atoms with Crippen molar-refractivity contribution >= 4 is 12.0 Å². The zero-order valence-corrected chi connectivity index (χ0v) is 23.6.